The SMILES string of the molecule is Cc1nc2ccc(OC[C@H]3CO3)cc2s1. The van der Waals surface area contributed by atoms with Gasteiger partial charge in [0.15, 0.2) is 0 Å². The van der Waals surface area contributed by atoms with Crippen molar-refractivity contribution in [3.8, 4) is 5.75 Å². The smallest absolute Gasteiger partial charge is 0.121 e. The van der Waals surface area contributed by atoms with Crippen LogP contribution in [0, 0.1) is 6.92 Å². The molecule has 0 amide bonds. The van der Waals surface area contributed by atoms with Crippen LogP contribution in [0.3, 0.4) is 0 Å². The molecule has 1 fully saturated rings. The Labute approximate surface area is 91.7 Å². The third-order valence-corrected chi connectivity index (χ3v) is 3.24. The molecule has 78 valence electrons. The average molecular weight is 221 g/mol. The molecule has 0 radical (unpaired) electrons. The zero-order chi connectivity index (χ0) is 10.3. The van der Waals surface area contributed by atoms with Crippen molar-refractivity contribution in [2.24, 2.45) is 0 Å². The molecule has 0 aliphatic carbocycles. The summed E-state index contributed by atoms with van der Waals surface area (Å²) in [6.07, 6.45) is 0.309. The molecule has 0 saturated carbocycles. The normalized spacial score (nSPS) is 19.4. The summed E-state index contributed by atoms with van der Waals surface area (Å²) < 4.78 is 11.9. The Kier molecular flexibility index (Phi) is 2.11. The van der Waals surface area contributed by atoms with Gasteiger partial charge in [-0.3, -0.25) is 0 Å². The van der Waals surface area contributed by atoms with Gasteiger partial charge in [0.25, 0.3) is 0 Å². The van der Waals surface area contributed by atoms with E-state index in [2.05, 4.69) is 4.98 Å². The van der Waals surface area contributed by atoms with Gasteiger partial charge in [-0.2, -0.15) is 0 Å². The van der Waals surface area contributed by atoms with Crippen molar-refractivity contribution in [1.82, 2.24) is 4.98 Å². The highest BCUT2D eigenvalue weighted by Crippen LogP contribution is 2.26. The highest BCUT2D eigenvalue weighted by Gasteiger charge is 2.23. The van der Waals surface area contributed by atoms with Gasteiger partial charge in [0, 0.05) is 0 Å². The minimum absolute atomic E-state index is 0.309. The predicted octanol–water partition coefficient (Wildman–Crippen LogP) is 2.38. The number of ether oxygens (including phenoxy) is 2. The Hall–Kier alpha value is -1.13. The lowest BCUT2D eigenvalue weighted by Gasteiger charge is -2.02. The molecule has 1 aliphatic rings. The summed E-state index contributed by atoms with van der Waals surface area (Å²) in [4.78, 5) is 4.40. The van der Waals surface area contributed by atoms with Gasteiger partial charge in [0.2, 0.25) is 0 Å². The molecule has 4 heteroatoms. The van der Waals surface area contributed by atoms with E-state index in [9.17, 15) is 0 Å². The van der Waals surface area contributed by atoms with Gasteiger partial charge in [-0.25, -0.2) is 4.98 Å². The Morgan fingerprint density at radius 2 is 2.47 bits per heavy atom. The maximum absolute atomic E-state index is 5.60. The molecule has 0 spiro atoms. The number of hydrogen-bond donors (Lipinski definition) is 0. The van der Waals surface area contributed by atoms with E-state index in [1.807, 2.05) is 25.1 Å². The second-order valence-corrected chi connectivity index (χ2v) is 4.86. The van der Waals surface area contributed by atoms with Crippen molar-refractivity contribution in [1.29, 1.82) is 0 Å². The number of aryl methyl sites for hydroxylation is 1. The van der Waals surface area contributed by atoms with Crippen LogP contribution in [-0.2, 0) is 4.74 Å². The molecule has 2 aromatic rings. The minimum Gasteiger partial charge on any atom is -0.491 e. The number of fused-ring (bicyclic) bond motifs is 1. The Morgan fingerprint density at radius 3 is 3.27 bits per heavy atom. The fourth-order valence-corrected chi connectivity index (χ4v) is 2.32. The molecule has 1 saturated heterocycles. The number of aromatic nitrogens is 1. The van der Waals surface area contributed by atoms with Crippen molar-refractivity contribution in [3.63, 3.8) is 0 Å². The van der Waals surface area contributed by atoms with Crippen LogP contribution in [-0.4, -0.2) is 24.3 Å². The van der Waals surface area contributed by atoms with Gasteiger partial charge in [-0.1, -0.05) is 0 Å². The van der Waals surface area contributed by atoms with E-state index < -0.39 is 0 Å². The quantitative estimate of drug-likeness (QED) is 0.746. The summed E-state index contributed by atoms with van der Waals surface area (Å²) in [6, 6.07) is 6.01. The molecule has 2 heterocycles. The van der Waals surface area contributed by atoms with Crippen LogP contribution < -0.4 is 4.74 Å². The molecular formula is C11H11NO2S. The summed E-state index contributed by atoms with van der Waals surface area (Å²) >= 11 is 1.69. The molecule has 1 atom stereocenters. The van der Waals surface area contributed by atoms with E-state index >= 15 is 0 Å². The Morgan fingerprint density at radius 1 is 1.60 bits per heavy atom. The largest absolute Gasteiger partial charge is 0.491 e. The highest BCUT2D eigenvalue weighted by atomic mass is 32.1. The predicted molar refractivity (Wildman–Crippen MR) is 59.6 cm³/mol. The first kappa shape index (κ1) is 9.12. The van der Waals surface area contributed by atoms with E-state index in [4.69, 9.17) is 9.47 Å². The van der Waals surface area contributed by atoms with Crippen LogP contribution in [0.25, 0.3) is 10.2 Å². The monoisotopic (exact) mass is 221 g/mol. The number of benzene rings is 1. The number of epoxide rings is 1. The standard InChI is InChI=1S/C11H11NO2S/c1-7-12-10-3-2-8(4-11(10)15-7)13-5-9-6-14-9/h2-4,9H,5-6H2,1H3/t9-/m0/s1. The number of thiazole rings is 1. The number of nitrogens with zero attached hydrogens (tertiary/aromatic N) is 1. The molecule has 0 bridgehead atoms. The highest BCUT2D eigenvalue weighted by molar-refractivity contribution is 7.18. The first-order chi connectivity index (χ1) is 7.31. The van der Waals surface area contributed by atoms with Crippen LogP contribution in [0.1, 0.15) is 5.01 Å². The van der Waals surface area contributed by atoms with Gasteiger partial charge in [0.05, 0.1) is 21.8 Å². The molecule has 1 aromatic carbocycles. The lowest BCUT2D eigenvalue weighted by Crippen LogP contribution is -2.03. The molecule has 0 N–H and O–H groups in total. The summed E-state index contributed by atoms with van der Waals surface area (Å²) in [7, 11) is 0. The van der Waals surface area contributed by atoms with Crippen molar-refractivity contribution >= 4 is 21.6 Å². The van der Waals surface area contributed by atoms with E-state index in [0.717, 1.165) is 22.9 Å². The van der Waals surface area contributed by atoms with Crippen LogP contribution in [0.4, 0.5) is 0 Å². The van der Waals surface area contributed by atoms with Crippen molar-refractivity contribution in [2.75, 3.05) is 13.2 Å². The van der Waals surface area contributed by atoms with E-state index in [0.29, 0.717) is 12.7 Å². The maximum atomic E-state index is 5.60. The molecule has 1 aliphatic heterocycles. The van der Waals surface area contributed by atoms with E-state index in [1.54, 1.807) is 11.3 Å². The van der Waals surface area contributed by atoms with Crippen LogP contribution in [0.5, 0.6) is 5.75 Å². The second-order valence-electron chi connectivity index (χ2n) is 3.63. The topological polar surface area (TPSA) is 34.6 Å². The van der Waals surface area contributed by atoms with Crippen LogP contribution in [0.15, 0.2) is 18.2 Å². The number of rotatable bonds is 3. The lowest BCUT2D eigenvalue weighted by molar-refractivity contribution is 0.263. The molecule has 0 unspecified atom stereocenters. The molecule has 3 nitrogen and oxygen atoms in total. The third kappa shape index (κ3) is 1.96. The average Bonchev–Trinajstić information content (AvgIpc) is 2.96. The van der Waals surface area contributed by atoms with Gasteiger partial charge in [-0.05, 0) is 25.1 Å². The van der Waals surface area contributed by atoms with Crippen molar-refractivity contribution < 1.29 is 9.47 Å². The van der Waals surface area contributed by atoms with Crippen LogP contribution in [0.2, 0.25) is 0 Å². The summed E-state index contributed by atoms with van der Waals surface area (Å²) in [5, 5.41) is 1.09. The van der Waals surface area contributed by atoms with E-state index in [1.165, 1.54) is 4.70 Å². The Balaban J connectivity index is 1.84. The van der Waals surface area contributed by atoms with Crippen LogP contribution >= 0.6 is 11.3 Å². The zero-order valence-corrected chi connectivity index (χ0v) is 9.21. The van der Waals surface area contributed by atoms with Gasteiger partial charge >= 0.3 is 0 Å². The fraction of sp³-hybridized carbons (Fsp3) is 0.364. The van der Waals surface area contributed by atoms with E-state index in [-0.39, 0.29) is 0 Å². The van der Waals surface area contributed by atoms with Crippen molar-refractivity contribution in [2.45, 2.75) is 13.0 Å². The lowest BCUT2D eigenvalue weighted by atomic mass is 10.3. The second kappa shape index (κ2) is 3.47. The minimum atomic E-state index is 0.309. The summed E-state index contributed by atoms with van der Waals surface area (Å²) in [5.41, 5.74) is 1.05. The van der Waals surface area contributed by atoms with Gasteiger partial charge in [-0.15, -0.1) is 11.3 Å². The van der Waals surface area contributed by atoms with Gasteiger partial charge in [0.1, 0.15) is 18.5 Å². The molecule has 15 heavy (non-hydrogen) atoms. The Bertz CT molecular complexity index is 490. The molecule has 3 rings (SSSR count). The summed E-state index contributed by atoms with van der Waals surface area (Å²) in [6.45, 7) is 3.51. The molecular weight excluding hydrogens is 210 g/mol. The van der Waals surface area contributed by atoms with Gasteiger partial charge < -0.3 is 9.47 Å². The molecule has 1 aromatic heterocycles. The van der Waals surface area contributed by atoms with Crippen molar-refractivity contribution in [3.05, 3.63) is 23.2 Å². The fourth-order valence-electron chi connectivity index (χ4n) is 1.46. The third-order valence-electron chi connectivity index (χ3n) is 2.31. The summed E-state index contributed by atoms with van der Waals surface area (Å²) in [5.74, 6) is 0.904. The first-order valence-corrected chi connectivity index (χ1v) is 5.74. The number of hydrogen-bond acceptors (Lipinski definition) is 4. The maximum Gasteiger partial charge on any atom is 0.121 e. The first-order valence-electron chi connectivity index (χ1n) is 4.93. The zero-order valence-electron chi connectivity index (χ0n) is 8.40.